The molecule has 0 spiro atoms. The van der Waals surface area contributed by atoms with Gasteiger partial charge in [-0.05, 0) is 41.4 Å². The Kier molecular flexibility index (Phi) is 27.7. The minimum Gasteiger partial charge on any atom is -0.465 e. The van der Waals surface area contributed by atoms with Crippen LogP contribution in [0.2, 0.25) is 0 Å². The number of nitrogen functional groups attached to an aromatic ring is 3. The largest absolute Gasteiger partial charge is 0.472 e. The Morgan fingerprint density at radius 3 is 1.28 bits per heavy atom. The fourth-order valence-corrected chi connectivity index (χ4v) is 17.0. The van der Waals surface area contributed by atoms with Crippen LogP contribution in [-0.4, -0.2) is 205 Å². The first-order valence-corrected chi connectivity index (χ1v) is 40.9. The molecule has 3 saturated heterocycles. The molecule has 0 radical (unpaired) electrons. The van der Waals surface area contributed by atoms with Gasteiger partial charge in [-0.2, -0.15) is 0 Å². The van der Waals surface area contributed by atoms with E-state index in [2.05, 4.69) is 56.3 Å². The maximum Gasteiger partial charge on any atom is 0.472 e. The molecule has 0 bridgehead atoms. The molecule has 534 valence electrons. The zero-order valence-electron chi connectivity index (χ0n) is 52.1. The number of phosphoric acid groups is 1. The number of carbonyl (C=O) groups excluding carboxylic acids is 1. The van der Waals surface area contributed by atoms with Crippen LogP contribution in [0.5, 0.6) is 0 Å². The van der Waals surface area contributed by atoms with Gasteiger partial charge in [-0.25, -0.2) is 54.0 Å². The van der Waals surface area contributed by atoms with Gasteiger partial charge in [-0.15, -0.1) is 0 Å². The molecule has 9 heterocycles. The number of aromatic nitrogens is 12. The minimum absolute atomic E-state index is 0.0243. The number of esters is 1. The van der Waals surface area contributed by atoms with Crippen LogP contribution in [0.4, 0.5) is 17.5 Å². The number of hydrogen-bond acceptors (Lipinski definition) is 33. The van der Waals surface area contributed by atoms with Crippen LogP contribution in [0, 0.1) is 0 Å². The molecule has 6 aromatic heterocycles. The average Bonchev–Trinajstić information content (AvgIpc) is 1.62. The lowest BCUT2D eigenvalue weighted by molar-refractivity contribution is -0.143. The molecule has 10 unspecified atom stereocenters. The van der Waals surface area contributed by atoms with Crippen molar-refractivity contribution in [3.8, 4) is 0 Å². The van der Waals surface area contributed by atoms with Gasteiger partial charge in [0, 0.05) is 12.2 Å². The number of aliphatic hydroxyl groups excluding tert-OH is 4. The number of aliphatic hydroxyl groups is 4. The number of hydrogen-bond donors (Lipinski definition) is 11. The number of carbonyl (C=O) groups is 1. The Bertz CT molecular complexity index is 3720. The van der Waals surface area contributed by atoms with E-state index in [1.165, 1.54) is 96.9 Å². The van der Waals surface area contributed by atoms with Crippen molar-refractivity contribution in [1.82, 2.24) is 58.6 Å². The van der Waals surface area contributed by atoms with Crippen LogP contribution in [-0.2, 0) is 88.2 Å². The van der Waals surface area contributed by atoms with Crippen molar-refractivity contribution in [2.45, 2.75) is 183 Å². The summed E-state index contributed by atoms with van der Waals surface area (Å²) in [7, 11) is -4.80. The zero-order chi connectivity index (χ0) is 68.8. The van der Waals surface area contributed by atoms with Crippen LogP contribution in [0.1, 0.15) is 128 Å². The summed E-state index contributed by atoms with van der Waals surface area (Å²) in [6, 6.07) is 0. The van der Waals surface area contributed by atoms with Gasteiger partial charge in [0.05, 0.1) is 52.0 Å². The van der Waals surface area contributed by atoms with Gasteiger partial charge in [-0.3, -0.25) is 41.1 Å². The van der Waals surface area contributed by atoms with Gasteiger partial charge in [-0.1, -0.05) is 96.8 Å². The number of fused-ring (bicyclic) bond motifs is 3. The van der Waals surface area contributed by atoms with Gasteiger partial charge in [0.15, 0.2) is 53.1 Å². The van der Waals surface area contributed by atoms with Gasteiger partial charge in [0.1, 0.15) is 97.1 Å². The van der Waals surface area contributed by atoms with Crippen LogP contribution in [0.3, 0.4) is 0 Å². The van der Waals surface area contributed by atoms with Crippen molar-refractivity contribution < 1.29 is 105 Å². The number of unbranched alkanes of at least 4 members (excludes halogenated alkanes) is 14. The number of anilines is 3. The van der Waals surface area contributed by atoms with E-state index in [0.717, 1.165) is 44.7 Å². The summed E-state index contributed by atoms with van der Waals surface area (Å²) < 4.78 is 92.8. The third kappa shape index (κ3) is 20.1. The Morgan fingerprint density at radius 2 is 0.896 bits per heavy atom. The highest BCUT2D eigenvalue weighted by Crippen LogP contribution is 2.59. The van der Waals surface area contributed by atoms with E-state index >= 15 is 0 Å². The van der Waals surface area contributed by atoms with Crippen molar-refractivity contribution in [1.29, 1.82) is 0 Å². The Hall–Kier alpha value is -4.09. The van der Waals surface area contributed by atoms with E-state index in [1.54, 1.807) is 0 Å². The van der Waals surface area contributed by atoms with Crippen LogP contribution in [0.25, 0.3) is 33.5 Å². The summed E-state index contributed by atoms with van der Waals surface area (Å²) in [5, 5.41) is 44.6. The minimum atomic E-state index is -4.80. The topological polar surface area (TPSA) is 523 Å². The fraction of sp³-hybridized carbons (Fsp3) is 0.692. The van der Waals surface area contributed by atoms with Crippen molar-refractivity contribution in [2.24, 2.45) is 0 Å². The fourth-order valence-electron chi connectivity index (χ4n) is 11.0. The molecule has 44 heteroatoms. The lowest BCUT2D eigenvalue weighted by atomic mass is 10.0. The highest BCUT2D eigenvalue weighted by molar-refractivity contribution is 8.54. The SMILES string of the molecule is CCCCCCCCCCCCCCCCCC(=O)OCCSP(=O)(O)OC1C(O)[C@@H](COP(O)(=S)OC2C(O)[C@@H](COP(O)(=S)OC3C(O)[C@@H](COP(=O)(O)OCCO)O[C@H]3n3cnc4c(N)ncnc43)O[C@H]2n2cnc3c(N)ncnc32)O[C@H]1n1cnc2c(N)ncnc21. The highest BCUT2D eigenvalue weighted by Gasteiger charge is 2.54. The van der Waals surface area contributed by atoms with Gasteiger partial charge >= 0.3 is 34.0 Å². The van der Waals surface area contributed by atoms with E-state index < -0.39 is 141 Å². The smallest absolute Gasteiger partial charge is 0.465 e. The van der Waals surface area contributed by atoms with E-state index in [-0.39, 0.29) is 69.7 Å². The zero-order valence-corrected chi connectivity index (χ0v) is 58.1. The quantitative estimate of drug-likeness (QED) is 0.0144. The molecule has 14 N–H and O–H groups in total. The summed E-state index contributed by atoms with van der Waals surface area (Å²) >= 11 is 11.4. The lowest BCUT2D eigenvalue weighted by Crippen LogP contribution is -2.37. The van der Waals surface area contributed by atoms with Crippen molar-refractivity contribution >= 4 is 120 Å². The number of nitrogens with zero attached hydrogens (tertiary/aromatic N) is 12. The molecular formula is C52H81N15O22P4S3. The molecule has 96 heavy (non-hydrogen) atoms. The molecule has 0 aromatic carbocycles. The monoisotopic (exact) mass is 1490 g/mol. The van der Waals surface area contributed by atoms with Gasteiger partial charge < -0.3 is 85.2 Å². The third-order valence-electron chi connectivity index (χ3n) is 15.8. The number of rotatable bonds is 41. The molecule has 16 atom stereocenters. The van der Waals surface area contributed by atoms with E-state index in [0.29, 0.717) is 17.8 Å². The summed E-state index contributed by atoms with van der Waals surface area (Å²) in [5.74, 6) is -0.728. The van der Waals surface area contributed by atoms with Gasteiger partial charge in [0.25, 0.3) is 0 Å². The predicted molar refractivity (Wildman–Crippen MR) is 350 cm³/mol. The van der Waals surface area contributed by atoms with E-state index in [1.807, 2.05) is 0 Å². The standard InChI is InChI=1S/C52H81N15O22P4S3/c1-2-3-4-5-6-7-8-9-10-11-12-13-14-15-16-17-34(69)79-20-21-96-91(75,76)87-41-38(70)32(85-50(41)65-28-62-35-44(53)56-25-59-47(35)65)23-82-92(77,94)89-43-40(72)33(86-52(43)67-30-64-37-46(55)58-27-61-49(37)67)24-83-93(78,95)88-42-39(71)31(22-81-90(73,74)80-19-18-68)84-51(42)66-29-63-36-45(54)57-26-60-48(36)66/h25-33,38-43,50-52,68,70-72H,2-24H2,1H3,(H,73,74)(H,75,76)(H,77,94)(H,78,95)(H2,53,56,59)(H2,54,57,60)(H2,55,58,61)/t31-,32-,33-,38?,39?,40?,41?,42?,43?,50-,51-,52-,92?,93?/m1/s1. The van der Waals surface area contributed by atoms with E-state index in [9.17, 15) is 48.8 Å². The molecular weight excluding hydrogens is 1410 g/mol. The second-order valence-electron chi connectivity index (χ2n) is 22.7. The normalized spacial score (nSPS) is 26.3. The maximum absolute atomic E-state index is 13.8. The molecule has 37 nitrogen and oxygen atoms in total. The van der Waals surface area contributed by atoms with Crippen LogP contribution >= 0.6 is 39.4 Å². The van der Waals surface area contributed by atoms with Crippen LogP contribution < -0.4 is 17.2 Å². The molecule has 6 aromatic rings. The molecule has 3 aliphatic heterocycles. The summed E-state index contributed by atoms with van der Waals surface area (Å²) in [4.78, 5) is 94.7. The Morgan fingerprint density at radius 1 is 0.531 bits per heavy atom. The molecule has 3 aliphatic rings. The Labute approximate surface area is 564 Å². The summed E-state index contributed by atoms with van der Waals surface area (Å²) in [5.41, 5.74) is 18.6. The molecule has 9 rings (SSSR count). The Balaban J connectivity index is 0.821. The number of imidazole rings is 3. The molecule has 0 amide bonds. The second-order valence-corrected chi connectivity index (χ2v) is 33.7. The van der Waals surface area contributed by atoms with E-state index in [4.69, 9.17) is 92.0 Å². The van der Waals surface area contributed by atoms with Gasteiger partial charge in [0.2, 0.25) is 0 Å². The predicted octanol–water partition coefficient (Wildman–Crippen LogP) is 4.41. The second kappa shape index (κ2) is 35.0. The third-order valence-corrected chi connectivity index (χ3v) is 22.9. The lowest BCUT2D eigenvalue weighted by Gasteiger charge is -2.27. The molecule has 0 saturated carbocycles. The number of nitrogens with two attached hydrogens (primary N) is 3. The van der Waals surface area contributed by atoms with Crippen molar-refractivity contribution in [3.63, 3.8) is 0 Å². The molecule has 3 fully saturated rings. The number of phosphoric ester groups is 1. The maximum atomic E-state index is 13.8. The first kappa shape index (κ1) is 76.1. The summed E-state index contributed by atoms with van der Waals surface area (Å²) in [6.07, 6.45) is 5.16. The first-order valence-electron chi connectivity index (χ1n) is 31.1. The first-order chi connectivity index (χ1) is 45.9. The van der Waals surface area contributed by atoms with Crippen LogP contribution in [0.15, 0.2) is 38.0 Å². The average molecular weight is 1490 g/mol. The molecule has 0 aliphatic carbocycles. The van der Waals surface area contributed by atoms with Crippen molar-refractivity contribution in [2.75, 3.05) is 62.6 Å². The number of ether oxygens (including phenoxy) is 4. The van der Waals surface area contributed by atoms with Crippen molar-refractivity contribution in [3.05, 3.63) is 38.0 Å². The highest BCUT2D eigenvalue weighted by atomic mass is 32.7. The summed E-state index contributed by atoms with van der Waals surface area (Å²) in [6.45, 7) is -15.7.